The average molecular weight is 414 g/mol. The molecule has 5 rings (SSSR count). The van der Waals surface area contributed by atoms with Gasteiger partial charge in [-0.15, -0.1) is 0 Å². The summed E-state index contributed by atoms with van der Waals surface area (Å²) in [6.07, 6.45) is 6.41. The van der Waals surface area contributed by atoms with E-state index in [2.05, 4.69) is 71.8 Å². The quantitative estimate of drug-likeness (QED) is 0.279. The van der Waals surface area contributed by atoms with Gasteiger partial charge in [0.05, 0.1) is 36.4 Å². The third-order valence-corrected chi connectivity index (χ3v) is 6.18. The fourth-order valence-electron chi connectivity index (χ4n) is 3.51. The number of para-hydroxylation sites is 2. The lowest BCUT2D eigenvalue weighted by Gasteiger charge is -2.30. The molecule has 0 aromatic heterocycles. The van der Waals surface area contributed by atoms with Gasteiger partial charge < -0.3 is 9.64 Å². The Hall–Kier alpha value is -3.02. The zero-order chi connectivity index (χ0) is 20.3. The lowest BCUT2D eigenvalue weighted by Crippen LogP contribution is -2.22. The largest absolute Gasteiger partial charge is 0.371 e. The highest BCUT2D eigenvalue weighted by Crippen LogP contribution is 2.48. The predicted octanol–water partition coefficient (Wildman–Crippen LogP) is 6.06. The van der Waals surface area contributed by atoms with Gasteiger partial charge in [-0.2, -0.15) is 5.10 Å². The van der Waals surface area contributed by atoms with Crippen LogP contribution in [0, 0.1) is 0 Å². The van der Waals surface area contributed by atoms with E-state index in [4.69, 9.17) is 9.84 Å². The number of fused-ring (bicyclic) bond motifs is 2. The van der Waals surface area contributed by atoms with Crippen LogP contribution in [0.2, 0.25) is 0 Å². The smallest absolute Gasteiger partial charge is 0.101 e. The molecule has 0 N–H and O–H groups in total. The number of ether oxygens (including phenoxy) is 1. The predicted molar refractivity (Wildman–Crippen MR) is 125 cm³/mol. The minimum atomic E-state index is 0.271. The molecule has 1 unspecified atom stereocenters. The van der Waals surface area contributed by atoms with Crippen molar-refractivity contribution in [2.75, 3.05) is 23.1 Å². The third kappa shape index (κ3) is 3.99. The first-order chi connectivity index (χ1) is 14.8. The lowest BCUT2D eigenvalue weighted by molar-refractivity contribution is 0.408. The summed E-state index contributed by atoms with van der Waals surface area (Å²) in [4.78, 5) is 4.74. The number of nitrogens with zero attached hydrogens (tertiary/aromatic N) is 3. The van der Waals surface area contributed by atoms with E-state index in [1.54, 1.807) is 11.8 Å². The first-order valence-electron chi connectivity index (χ1n) is 10.1. The van der Waals surface area contributed by atoms with Crippen molar-refractivity contribution in [1.82, 2.24) is 0 Å². The Bertz CT molecular complexity index is 1090. The van der Waals surface area contributed by atoms with Crippen molar-refractivity contribution >= 4 is 35.0 Å². The first kappa shape index (κ1) is 19.0. The van der Waals surface area contributed by atoms with E-state index >= 15 is 0 Å². The molecule has 0 saturated carbocycles. The molecule has 0 radical (unpaired) electrons. The van der Waals surface area contributed by atoms with Crippen LogP contribution in [0.1, 0.15) is 12.5 Å². The monoisotopic (exact) mass is 413 g/mol. The van der Waals surface area contributed by atoms with E-state index in [1.165, 1.54) is 21.2 Å². The maximum atomic E-state index is 5.42. The van der Waals surface area contributed by atoms with Gasteiger partial charge in [-0.05, 0) is 48.9 Å². The van der Waals surface area contributed by atoms with Gasteiger partial charge in [0.25, 0.3) is 0 Å². The summed E-state index contributed by atoms with van der Waals surface area (Å²) in [5.41, 5.74) is 4.57. The van der Waals surface area contributed by atoms with Crippen LogP contribution < -0.4 is 9.91 Å². The van der Waals surface area contributed by atoms with Crippen molar-refractivity contribution in [1.29, 1.82) is 0 Å². The van der Waals surface area contributed by atoms with E-state index in [9.17, 15) is 0 Å². The second kappa shape index (κ2) is 8.38. The van der Waals surface area contributed by atoms with Crippen LogP contribution in [0.4, 0.5) is 17.1 Å². The highest BCUT2D eigenvalue weighted by atomic mass is 32.2. The molecule has 0 bridgehead atoms. The van der Waals surface area contributed by atoms with Crippen molar-refractivity contribution < 1.29 is 4.74 Å². The molecule has 3 aromatic carbocycles. The molecule has 1 fully saturated rings. The highest BCUT2D eigenvalue weighted by Gasteiger charge is 2.26. The maximum Gasteiger partial charge on any atom is 0.101 e. The van der Waals surface area contributed by atoms with Crippen molar-refractivity contribution in [2.24, 2.45) is 5.10 Å². The van der Waals surface area contributed by atoms with E-state index in [0.29, 0.717) is 0 Å². The number of hydrazone groups is 1. The molecule has 1 atom stereocenters. The molecule has 2 heterocycles. The van der Waals surface area contributed by atoms with Gasteiger partial charge in [0.1, 0.15) is 6.10 Å². The first-order valence-corrected chi connectivity index (χ1v) is 10.9. The summed E-state index contributed by atoms with van der Waals surface area (Å²) in [5, 5.41) is 6.80. The lowest BCUT2D eigenvalue weighted by atomic mass is 10.2. The van der Waals surface area contributed by atoms with E-state index in [-0.39, 0.29) is 6.10 Å². The van der Waals surface area contributed by atoms with Gasteiger partial charge in [0, 0.05) is 16.0 Å². The van der Waals surface area contributed by atoms with E-state index in [0.717, 1.165) is 24.4 Å². The molecular weight excluding hydrogens is 390 g/mol. The van der Waals surface area contributed by atoms with Crippen LogP contribution in [0.5, 0.6) is 0 Å². The minimum Gasteiger partial charge on any atom is -0.371 e. The average Bonchev–Trinajstić information content (AvgIpc) is 3.61. The number of hydrogen-bond acceptors (Lipinski definition) is 5. The molecule has 0 amide bonds. The number of rotatable bonds is 6. The highest BCUT2D eigenvalue weighted by molar-refractivity contribution is 7.99. The van der Waals surface area contributed by atoms with Crippen molar-refractivity contribution in [2.45, 2.75) is 22.8 Å². The van der Waals surface area contributed by atoms with Crippen molar-refractivity contribution in [3.05, 3.63) is 90.6 Å². The van der Waals surface area contributed by atoms with Crippen molar-refractivity contribution in [3.8, 4) is 0 Å². The number of epoxide rings is 1. The molecule has 1 saturated heterocycles. The zero-order valence-corrected chi connectivity index (χ0v) is 17.6. The van der Waals surface area contributed by atoms with Crippen LogP contribution in [0.15, 0.2) is 100.0 Å². The molecule has 30 heavy (non-hydrogen) atoms. The molecule has 3 aromatic rings. The van der Waals surface area contributed by atoms with Crippen LogP contribution in [0.25, 0.3) is 0 Å². The summed E-state index contributed by atoms with van der Waals surface area (Å²) in [7, 11) is 0. The minimum absolute atomic E-state index is 0.271. The Kier molecular flexibility index (Phi) is 5.30. The summed E-state index contributed by atoms with van der Waals surface area (Å²) >= 11 is 1.81. The summed E-state index contributed by atoms with van der Waals surface area (Å²) in [5.74, 6) is 0. The van der Waals surface area contributed by atoms with E-state index < -0.39 is 0 Å². The summed E-state index contributed by atoms with van der Waals surface area (Å²) in [6, 6.07) is 25.3. The fraction of sp³-hybridized carbons (Fsp3) is 0.160. The SMILES string of the molecule is C/C=C\N1c2ccccc2Sc2cc(/C=N/N(CC3CO3)c3ccccc3)ccc21. The summed E-state index contributed by atoms with van der Waals surface area (Å²) < 4.78 is 5.42. The third-order valence-electron chi connectivity index (χ3n) is 5.07. The van der Waals surface area contributed by atoms with Crippen LogP contribution in [-0.4, -0.2) is 25.5 Å². The Balaban J connectivity index is 1.44. The molecule has 4 nitrogen and oxygen atoms in total. The topological polar surface area (TPSA) is 31.4 Å². The summed E-state index contributed by atoms with van der Waals surface area (Å²) in [6.45, 7) is 3.63. The van der Waals surface area contributed by atoms with Gasteiger partial charge in [-0.1, -0.05) is 54.2 Å². The van der Waals surface area contributed by atoms with Crippen LogP contribution in [0.3, 0.4) is 0 Å². The molecule has 0 aliphatic carbocycles. The maximum absolute atomic E-state index is 5.42. The standard InChI is InChI=1S/C25H23N3OS/c1-2-14-27-22-10-6-7-11-24(22)30-25-15-19(12-13-23(25)27)16-26-28(17-21-18-29-21)20-8-4-3-5-9-20/h2-16,21H,17-18H2,1H3/b14-2-,26-16+. The molecule has 0 spiro atoms. The van der Waals surface area contributed by atoms with Gasteiger partial charge in [-0.25, -0.2) is 0 Å². The van der Waals surface area contributed by atoms with Crippen molar-refractivity contribution in [3.63, 3.8) is 0 Å². The van der Waals surface area contributed by atoms with Crippen LogP contribution >= 0.6 is 11.8 Å². The van der Waals surface area contributed by atoms with Gasteiger partial charge >= 0.3 is 0 Å². The Morgan fingerprint density at radius 1 is 1.03 bits per heavy atom. The van der Waals surface area contributed by atoms with Gasteiger partial charge in [0.15, 0.2) is 0 Å². The number of hydrogen-bond donors (Lipinski definition) is 0. The van der Waals surface area contributed by atoms with Gasteiger partial charge in [-0.3, -0.25) is 5.01 Å². The van der Waals surface area contributed by atoms with Crippen LogP contribution in [-0.2, 0) is 4.74 Å². The second-order valence-electron chi connectivity index (χ2n) is 7.27. The Morgan fingerprint density at radius 2 is 1.80 bits per heavy atom. The number of benzene rings is 3. The molecule has 2 aliphatic heterocycles. The molecule has 2 aliphatic rings. The number of allylic oxidation sites excluding steroid dienone is 1. The van der Waals surface area contributed by atoms with E-state index in [1.807, 2.05) is 36.3 Å². The Morgan fingerprint density at radius 3 is 2.60 bits per heavy atom. The zero-order valence-electron chi connectivity index (χ0n) is 16.8. The molecular formula is C25H23N3OS. The number of anilines is 3. The molecule has 5 heteroatoms. The normalized spacial score (nSPS) is 17.2. The fourth-order valence-corrected chi connectivity index (χ4v) is 4.63. The van der Waals surface area contributed by atoms with Gasteiger partial charge in [0.2, 0.25) is 0 Å². The molecule has 150 valence electrons. The second-order valence-corrected chi connectivity index (χ2v) is 8.35. The Labute approximate surface area is 181 Å².